The molecule has 1 amide bonds. The van der Waals surface area contributed by atoms with Crippen LogP contribution in [-0.2, 0) is 21.2 Å². The number of benzene rings is 2. The van der Waals surface area contributed by atoms with Gasteiger partial charge in [-0.3, -0.25) is 9.52 Å². The molecule has 0 atom stereocenters. The minimum absolute atomic E-state index is 0.130. The van der Waals surface area contributed by atoms with Crippen LogP contribution in [0.1, 0.15) is 50.7 Å². The van der Waals surface area contributed by atoms with Crippen molar-refractivity contribution >= 4 is 27.3 Å². The number of carbonyl (C=O) groups is 1. The first-order valence-electron chi connectivity index (χ1n) is 10.5. The maximum atomic E-state index is 12.9. The van der Waals surface area contributed by atoms with E-state index in [4.69, 9.17) is 4.74 Å². The molecule has 3 rings (SSSR count). The summed E-state index contributed by atoms with van der Waals surface area (Å²) in [6.45, 7) is 7.25. The molecule has 0 saturated heterocycles. The zero-order valence-corrected chi connectivity index (χ0v) is 18.7. The molecule has 0 radical (unpaired) electrons. The van der Waals surface area contributed by atoms with E-state index in [-0.39, 0.29) is 10.8 Å². The largest absolute Gasteiger partial charge is 0.493 e. The van der Waals surface area contributed by atoms with E-state index in [1.165, 1.54) is 0 Å². The fourth-order valence-corrected chi connectivity index (χ4v) is 4.70. The first kappa shape index (κ1) is 22.2. The molecule has 7 heteroatoms. The Morgan fingerprint density at radius 3 is 2.57 bits per heavy atom. The second-order valence-electron chi connectivity index (χ2n) is 7.62. The van der Waals surface area contributed by atoms with Crippen molar-refractivity contribution in [1.82, 2.24) is 0 Å². The van der Waals surface area contributed by atoms with E-state index in [0.717, 1.165) is 36.1 Å². The number of ether oxygens (including phenoxy) is 1. The topological polar surface area (TPSA) is 75.7 Å². The van der Waals surface area contributed by atoms with Crippen LogP contribution in [0.25, 0.3) is 0 Å². The van der Waals surface area contributed by atoms with E-state index in [1.807, 2.05) is 30.9 Å². The molecule has 1 aliphatic heterocycles. The lowest BCUT2D eigenvalue weighted by Gasteiger charge is -2.30. The number of aryl methyl sites for hydroxylation is 2. The third kappa shape index (κ3) is 4.95. The molecule has 0 bridgehead atoms. The second kappa shape index (κ2) is 9.51. The van der Waals surface area contributed by atoms with Gasteiger partial charge in [-0.1, -0.05) is 20.3 Å². The molecule has 2 aromatic rings. The number of nitrogens with zero attached hydrogens (tertiary/aromatic N) is 1. The Hall–Kier alpha value is -2.54. The third-order valence-corrected chi connectivity index (χ3v) is 6.56. The lowest BCUT2D eigenvalue weighted by Crippen LogP contribution is -2.35. The molecule has 0 saturated carbocycles. The van der Waals surface area contributed by atoms with Gasteiger partial charge >= 0.3 is 0 Å². The molecule has 6 nitrogen and oxygen atoms in total. The van der Waals surface area contributed by atoms with E-state index >= 15 is 0 Å². The minimum Gasteiger partial charge on any atom is -0.493 e. The van der Waals surface area contributed by atoms with Crippen molar-refractivity contribution in [2.45, 2.75) is 57.8 Å². The van der Waals surface area contributed by atoms with Crippen molar-refractivity contribution in [3.8, 4) is 5.75 Å². The number of anilines is 2. The lowest BCUT2D eigenvalue weighted by atomic mass is 10.00. The van der Waals surface area contributed by atoms with Crippen molar-refractivity contribution in [2.75, 3.05) is 22.8 Å². The highest BCUT2D eigenvalue weighted by molar-refractivity contribution is 7.92. The van der Waals surface area contributed by atoms with Gasteiger partial charge in [0.1, 0.15) is 5.75 Å². The van der Waals surface area contributed by atoms with Gasteiger partial charge in [-0.05, 0) is 73.7 Å². The summed E-state index contributed by atoms with van der Waals surface area (Å²) in [5.41, 5.74) is 3.16. The second-order valence-corrected chi connectivity index (χ2v) is 9.31. The predicted octanol–water partition coefficient (Wildman–Crippen LogP) is 4.66. The van der Waals surface area contributed by atoms with Crippen LogP contribution in [0.5, 0.6) is 5.75 Å². The van der Waals surface area contributed by atoms with E-state index in [2.05, 4.69) is 11.6 Å². The van der Waals surface area contributed by atoms with Crippen LogP contribution in [0.15, 0.2) is 41.3 Å². The summed E-state index contributed by atoms with van der Waals surface area (Å²) >= 11 is 0. The molecule has 0 unspecified atom stereocenters. The number of nitrogens with one attached hydrogen (secondary N) is 1. The standard InChI is InChI=1S/C23H30N2O4S/c1-4-6-13-25-21-10-8-19(16-18(21)7-12-23(25)26)24-30(27,28)20-9-11-22(17(3)15-20)29-14-5-2/h8-11,15-16,24H,4-7,12-14H2,1-3H3. The van der Waals surface area contributed by atoms with E-state index in [9.17, 15) is 13.2 Å². The van der Waals surface area contributed by atoms with Gasteiger partial charge in [-0.25, -0.2) is 8.42 Å². The molecule has 30 heavy (non-hydrogen) atoms. The number of hydrogen-bond acceptors (Lipinski definition) is 4. The summed E-state index contributed by atoms with van der Waals surface area (Å²) in [4.78, 5) is 14.3. The molecule has 0 fully saturated rings. The van der Waals surface area contributed by atoms with Crippen LogP contribution in [-0.4, -0.2) is 27.5 Å². The van der Waals surface area contributed by atoms with Crippen LogP contribution in [0, 0.1) is 6.92 Å². The van der Waals surface area contributed by atoms with E-state index in [1.54, 1.807) is 24.3 Å². The normalized spacial score (nSPS) is 13.8. The van der Waals surface area contributed by atoms with Gasteiger partial charge in [0.05, 0.1) is 11.5 Å². The summed E-state index contributed by atoms with van der Waals surface area (Å²) in [5.74, 6) is 0.826. The van der Waals surface area contributed by atoms with Crippen LogP contribution < -0.4 is 14.4 Å². The van der Waals surface area contributed by atoms with Crippen molar-refractivity contribution in [2.24, 2.45) is 0 Å². The Bertz CT molecular complexity index is 1020. The van der Waals surface area contributed by atoms with Gasteiger partial charge in [0, 0.05) is 24.3 Å². The molecule has 1 heterocycles. The Balaban J connectivity index is 1.81. The number of carbonyl (C=O) groups excluding carboxylic acids is 1. The molecule has 0 aliphatic carbocycles. The monoisotopic (exact) mass is 430 g/mol. The third-order valence-electron chi connectivity index (χ3n) is 5.19. The Morgan fingerprint density at radius 1 is 1.07 bits per heavy atom. The maximum Gasteiger partial charge on any atom is 0.261 e. The highest BCUT2D eigenvalue weighted by Crippen LogP contribution is 2.32. The highest BCUT2D eigenvalue weighted by atomic mass is 32.2. The predicted molar refractivity (Wildman–Crippen MR) is 120 cm³/mol. The average molecular weight is 431 g/mol. The summed E-state index contributed by atoms with van der Waals surface area (Å²) in [5, 5.41) is 0. The van der Waals surface area contributed by atoms with Crippen LogP contribution >= 0.6 is 0 Å². The van der Waals surface area contributed by atoms with Crippen LogP contribution in [0.3, 0.4) is 0 Å². The molecule has 162 valence electrons. The van der Waals surface area contributed by atoms with Crippen molar-refractivity contribution in [3.63, 3.8) is 0 Å². The fraction of sp³-hybridized carbons (Fsp3) is 0.435. The number of fused-ring (bicyclic) bond motifs is 1. The van der Waals surface area contributed by atoms with Gasteiger partial charge in [0.25, 0.3) is 10.0 Å². The SMILES string of the molecule is CCCCN1C(=O)CCc2cc(NS(=O)(=O)c3ccc(OCCC)c(C)c3)ccc21. The van der Waals surface area contributed by atoms with Crippen LogP contribution in [0.2, 0.25) is 0 Å². The number of amides is 1. The molecule has 1 aliphatic rings. The first-order chi connectivity index (χ1) is 14.4. The lowest BCUT2D eigenvalue weighted by molar-refractivity contribution is -0.118. The Morgan fingerprint density at radius 2 is 1.87 bits per heavy atom. The minimum atomic E-state index is -3.72. The maximum absolute atomic E-state index is 12.9. The summed E-state index contributed by atoms with van der Waals surface area (Å²) < 4.78 is 34.1. The smallest absolute Gasteiger partial charge is 0.261 e. The summed E-state index contributed by atoms with van der Waals surface area (Å²) in [6.07, 6.45) is 3.91. The van der Waals surface area contributed by atoms with Gasteiger partial charge in [-0.15, -0.1) is 0 Å². The van der Waals surface area contributed by atoms with Crippen molar-refractivity contribution in [1.29, 1.82) is 0 Å². The van der Waals surface area contributed by atoms with E-state index < -0.39 is 10.0 Å². The summed E-state index contributed by atoms with van der Waals surface area (Å²) in [7, 11) is -3.72. The van der Waals surface area contributed by atoms with Crippen LogP contribution in [0.4, 0.5) is 11.4 Å². The van der Waals surface area contributed by atoms with Gasteiger partial charge < -0.3 is 9.64 Å². The molecule has 0 spiro atoms. The highest BCUT2D eigenvalue weighted by Gasteiger charge is 2.24. The molecule has 1 N–H and O–H groups in total. The zero-order chi connectivity index (χ0) is 21.7. The van der Waals surface area contributed by atoms with E-state index in [0.29, 0.717) is 37.4 Å². The van der Waals surface area contributed by atoms with Crippen molar-refractivity contribution in [3.05, 3.63) is 47.5 Å². The average Bonchev–Trinajstić information content (AvgIpc) is 2.72. The van der Waals surface area contributed by atoms with Gasteiger partial charge in [0.2, 0.25) is 5.91 Å². The fourth-order valence-electron chi connectivity index (χ4n) is 3.56. The Labute approximate surface area is 179 Å². The number of hydrogen-bond donors (Lipinski definition) is 1. The molecule has 0 aromatic heterocycles. The Kier molecular flexibility index (Phi) is 7.02. The summed E-state index contributed by atoms with van der Waals surface area (Å²) in [6, 6.07) is 10.3. The number of sulfonamides is 1. The van der Waals surface area contributed by atoms with Gasteiger partial charge in [0.15, 0.2) is 0 Å². The number of unbranched alkanes of at least 4 members (excludes halogenated alkanes) is 1. The molecular formula is C23H30N2O4S. The molecular weight excluding hydrogens is 400 g/mol. The quantitative estimate of drug-likeness (QED) is 0.628. The van der Waals surface area contributed by atoms with Crippen molar-refractivity contribution < 1.29 is 17.9 Å². The first-order valence-corrected chi connectivity index (χ1v) is 12.0. The zero-order valence-electron chi connectivity index (χ0n) is 17.9. The van der Waals surface area contributed by atoms with Gasteiger partial charge in [-0.2, -0.15) is 0 Å². The number of rotatable bonds is 9. The molecule has 2 aromatic carbocycles.